The third-order valence-corrected chi connectivity index (χ3v) is 3.78. The molecule has 8 heteroatoms. The number of amides is 4. The van der Waals surface area contributed by atoms with Gasteiger partial charge in [0.15, 0.2) is 0 Å². The van der Waals surface area contributed by atoms with Crippen molar-refractivity contribution < 1.29 is 18.8 Å². The third-order valence-electron chi connectivity index (χ3n) is 3.78. The number of benzene rings is 1. The van der Waals surface area contributed by atoms with Crippen LogP contribution in [-0.2, 0) is 11.3 Å². The van der Waals surface area contributed by atoms with E-state index in [1.54, 1.807) is 36.4 Å². The Morgan fingerprint density at radius 3 is 2.62 bits per heavy atom. The quantitative estimate of drug-likeness (QED) is 0.602. The third kappa shape index (κ3) is 5.10. The molecule has 0 saturated heterocycles. The van der Waals surface area contributed by atoms with Gasteiger partial charge < -0.3 is 20.4 Å². The highest BCUT2D eigenvalue weighted by Gasteiger charge is 2.24. The summed E-state index contributed by atoms with van der Waals surface area (Å²) in [5, 5.41) is 10.5. The molecule has 1 saturated carbocycles. The molecule has 0 unspecified atom stereocenters. The van der Waals surface area contributed by atoms with Crippen LogP contribution in [0.4, 0.5) is 10.5 Å². The van der Waals surface area contributed by atoms with E-state index in [4.69, 9.17) is 4.42 Å². The zero-order valence-electron chi connectivity index (χ0n) is 14.1. The largest absolute Gasteiger partial charge is 0.467 e. The molecule has 1 aromatic carbocycles. The van der Waals surface area contributed by atoms with Crippen molar-refractivity contribution in [3.8, 4) is 0 Å². The van der Waals surface area contributed by atoms with Crippen LogP contribution < -0.4 is 21.3 Å². The van der Waals surface area contributed by atoms with Gasteiger partial charge in [-0.05, 0) is 37.1 Å². The van der Waals surface area contributed by atoms with E-state index in [0.29, 0.717) is 17.0 Å². The molecule has 8 nitrogen and oxygen atoms in total. The van der Waals surface area contributed by atoms with E-state index in [-0.39, 0.29) is 25.0 Å². The molecular weight excluding hydrogens is 336 g/mol. The summed E-state index contributed by atoms with van der Waals surface area (Å²) in [6.45, 7) is 0.0472. The highest BCUT2D eigenvalue weighted by molar-refractivity contribution is 6.01. The lowest BCUT2D eigenvalue weighted by Gasteiger charge is -2.12. The molecule has 2 aromatic rings. The van der Waals surface area contributed by atoms with Crippen molar-refractivity contribution in [2.24, 2.45) is 0 Å². The van der Waals surface area contributed by atoms with Crippen molar-refractivity contribution in [1.82, 2.24) is 16.0 Å². The maximum absolute atomic E-state index is 12.2. The van der Waals surface area contributed by atoms with Crippen molar-refractivity contribution in [2.45, 2.75) is 25.4 Å². The topological polar surface area (TPSA) is 112 Å². The number of nitrogens with one attached hydrogen (secondary N) is 4. The van der Waals surface area contributed by atoms with Crippen LogP contribution in [0.25, 0.3) is 0 Å². The lowest BCUT2D eigenvalue weighted by Crippen LogP contribution is -2.41. The first-order valence-corrected chi connectivity index (χ1v) is 8.35. The first-order chi connectivity index (χ1) is 12.6. The summed E-state index contributed by atoms with van der Waals surface area (Å²) < 4.78 is 5.08. The predicted molar refractivity (Wildman–Crippen MR) is 94.5 cm³/mol. The lowest BCUT2D eigenvalue weighted by molar-refractivity contribution is -0.118. The molecule has 4 amide bonds. The monoisotopic (exact) mass is 356 g/mol. The van der Waals surface area contributed by atoms with Crippen LogP contribution in [0.5, 0.6) is 0 Å². The number of hydrogen-bond acceptors (Lipinski definition) is 5. The van der Waals surface area contributed by atoms with Gasteiger partial charge in [-0.1, -0.05) is 12.1 Å². The molecule has 136 valence electrons. The number of carbonyl (C=O) groups excluding carboxylic acids is 3. The molecule has 1 aromatic heterocycles. The van der Waals surface area contributed by atoms with Crippen molar-refractivity contribution in [3.63, 3.8) is 0 Å². The highest BCUT2D eigenvalue weighted by atomic mass is 16.3. The van der Waals surface area contributed by atoms with Gasteiger partial charge >= 0.3 is 6.03 Å². The molecule has 0 aliphatic heterocycles. The normalized spacial score (nSPS) is 12.9. The zero-order valence-corrected chi connectivity index (χ0v) is 14.1. The second-order valence-corrected chi connectivity index (χ2v) is 5.96. The minimum absolute atomic E-state index is 0.137. The average Bonchev–Trinajstić information content (AvgIpc) is 3.29. The van der Waals surface area contributed by atoms with Crippen molar-refractivity contribution in [3.05, 3.63) is 54.0 Å². The molecule has 1 aliphatic carbocycles. The second-order valence-electron chi connectivity index (χ2n) is 5.96. The fourth-order valence-electron chi connectivity index (χ4n) is 2.30. The zero-order chi connectivity index (χ0) is 18.4. The van der Waals surface area contributed by atoms with Crippen molar-refractivity contribution in [1.29, 1.82) is 0 Å². The van der Waals surface area contributed by atoms with Crippen LogP contribution in [0.15, 0.2) is 47.1 Å². The van der Waals surface area contributed by atoms with Gasteiger partial charge in [-0.3, -0.25) is 14.9 Å². The van der Waals surface area contributed by atoms with Crippen LogP contribution in [0.1, 0.15) is 29.0 Å². The predicted octanol–water partition coefficient (Wildman–Crippen LogP) is 1.61. The number of furan rings is 1. The minimum atomic E-state index is -0.618. The Morgan fingerprint density at radius 2 is 1.88 bits per heavy atom. The van der Waals surface area contributed by atoms with Gasteiger partial charge in [0.25, 0.3) is 5.91 Å². The Morgan fingerprint density at radius 1 is 1.08 bits per heavy atom. The van der Waals surface area contributed by atoms with Gasteiger partial charge in [-0.15, -0.1) is 0 Å². The maximum atomic E-state index is 12.2. The Bertz CT molecular complexity index is 784. The van der Waals surface area contributed by atoms with Crippen LogP contribution in [0, 0.1) is 0 Å². The summed E-state index contributed by atoms with van der Waals surface area (Å²) in [5.41, 5.74) is 1.01. The molecule has 1 aliphatic rings. The molecule has 0 bridgehead atoms. The fourth-order valence-corrected chi connectivity index (χ4v) is 2.30. The smallest absolute Gasteiger partial charge is 0.321 e. The highest BCUT2D eigenvalue weighted by Crippen LogP contribution is 2.21. The molecule has 0 spiro atoms. The number of para-hydroxylation sites is 1. The summed E-state index contributed by atoms with van der Waals surface area (Å²) in [4.78, 5) is 35.8. The first-order valence-electron chi connectivity index (χ1n) is 8.35. The number of imide groups is 1. The summed E-state index contributed by atoms with van der Waals surface area (Å²) in [5.74, 6) is -0.104. The van der Waals surface area contributed by atoms with E-state index < -0.39 is 11.9 Å². The summed E-state index contributed by atoms with van der Waals surface area (Å²) in [6.07, 6.45) is 3.49. The number of rotatable bonds is 7. The van der Waals surface area contributed by atoms with Gasteiger partial charge in [-0.2, -0.15) is 0 Å². The Balaban J connectivity index is 1.46. The van der Waals surface area contributed by atoms with Gasteiger partial charge in [0.1, 0.15) is 5.76 Å². The molecular formula is C18H20N4O4. The number of anilines is 1. The van der Waals surface area contributed by atoms with Crippen LogP contribution >= 0.6 is 0 Å². The number of urea groups is 1. The minimum Gasteiger partial charge on any atom is -0.467 e. The van der Waals surface area contributed by atoms with Crippen LogP contribution in [-0.4, -0.2) is 30.4 Å². The summed E-state index contributed by atoms with van der Waals surface area (Å²) in [7, 11) is 0. The van der Waals surface area contributed by atoms with Crippen molar-refractivity contribution >= 4 is 23.5 Å². The van der Waals surface area contributed by atoms with E-state index in [1.807, 2.05) is 0 Å². The SMILES string of the molecule is O=C(CNc1ccccc1C(=O)NC1CC1)NC(=O)NCc1ccco1. The first kappa shape index (κ1) is 17.5. The molecule has 26 heavy (non-hydrogen) atoms. The number of carbonyl (C=O) groups is 3. The Labute approximate surface area is 150 Å². The molecule has 4 N–H and O–H groups in total. The Kier molecular flexibility index (Phi) is 5.52. The Hall–Kier alpha value is -3.29. The van der Waals surface area contributed by atoms with Crippen molar-refractivity contribution in [2.75, 3.05) is 11.9 Å². The average molecular weight is 356 g/mol. The summed E-state index contributed by atoms with van der Waals surface area (Å²) in [6, 6.07) is 9.98. The second kappa shape index (κ2) is 8.19. The van der Waals surface area contributed by atoms with Gasteiger partial charge in [0.2, 0.25) is 5.91 Å². The molecule has 0 radical (unpaired) electrons. The maximum Gasteiger partial charge on any atom is 0.321 e. The van der Waals surface area contributed by atoms with Crippen LogP contribution in [0.3, 0.4) is 0 Å². The molecule has 1 fully saturated rings. The van der Waals surface area contributed by atoms with E-state index >= 15 is 0 Å². The van der Waals surface area contributed by atoms with Gasteiger partial charge in [0, 0.05) is 11.7 Å². The standard InChI is InChI=1S/C18H20N4O4/c23-16(22-18(25)20-10-13-4-3-9-26-13)11-19-15-6-2-1-5-14(15)17(24)21-12-7-8-12/h1-6,9,12,19H,7-8,10-11H2,(H,21,24)(H2,20,22,23,25). The van der Waals surface area contributed by atoms with E-state index in [0.717, 1.165) is 12.8 Å². The molecule has 3 rings (SSSR count). The molecule has 1 heterocycles. The van der Waals surface area contributed by atoms with E-state index in [1.165, 1.54) is 6.26 Å². The number of hydrogen-bond donors (Lipinski definition) is 4. The van der Waals surface area contributed by atoms with Gasteiger partial charge in [0.05, 0.1) is 24.9 Å². The van der Waals surface area contributed by atoms with Gasteiger partial charge in [-0.25, -0.2) is 4.79 Å². The molecule has 0 atom stereocenters. The van der Waals surface area contributed by atoms with E-state index in [9.17, 15) is 14.4 Å². The van der Waals surface area contributed by atoms with Crippen LogP contribution in [0.2, 0.25) is 0 Å². The summed E-state index contributed by atoms with van der Waals surface area (Å²) >= 11 is 0. The lowest BCUT2D eigenvalue weighted by atomic mass is 10.1. The fraction of sp³-hybridized carbons (Fsp3) is 0.278. The van der Waals surface area contributed by atoms with E-state index in [2.05, 4.69) is 21.3 Å².